The molecule has 2 aromatic rings. The van der Waals surface area contributed by atoms with Crippen molar-refractivity contribution in [2.75, 3.05) is 12.4 Å². The fraction of sp³-hybridized carbons (Fsp3) is 0.167. The molecular weight excluding hydrogens is 218 g/mol. The van der Waals surface area contributed by atoms with E-state index >= 15 is 0 Å². The molecule has 2 N–H and O–H groups in total. The number of phenols is 1. The number of aromatic nitrogens is 2. The van der Waals surface area contributed by atoms with Crippen LogP contribution in [0.3, 0.4) is 0 Å². The number of nitrogens with one attached hydrogen (secondary N) is 1. The molecule has 0 aliphatic carbocycles. The first-order chi connectivity index (χ1) is 8.19. The van der Waals surface area contributed by atoms with Crippen LogP contribution in [0.2, 0.25) is 0 Å². The number of benzene rings is 1. The highest BCUT2D eigenvalue weighted by Gasteiger charge is 2.02. The molecule has 0 fully saturated rings. The first kappa shape index (κ1) is 11.2. The molecule has 1 aromatic heterocycles. The molecule has 2 rings (SSSR count). The van der Waals surface area contributed by atoms with E-state index in [1.54, 1.807) is 25.4 Å². The molecule has 0 aliphatic heterocycles. The Kier molecular flexibility index (Phi) is 3.09. The molecule has 0 atom stereocenters. The molecule has 0 radical (unpaired) electrons. The van der Waals surface area contributed by atoms with E-state index in [9.17, 15) is 5.11 Å². The Morgan fingerprint density at radius 1 is 1.29 bits per heavy atom. The maximum Gasteiger partial charge on any atom is 0.230 e. The van der Waals surface area contributed by atoms with Crippen molar-refractivity contribution in [2.45, 2.75) is 6.92 Å². The van der Waals surface area contributed by atoms with E-state index in [0.717, 1.165) is 11.3 Å². The SMILES string of the molecule is COc1ccnc(Nc2ccc(C)c(O)c2)n1. The summed E-state index contributed by atoms with van der Waals surface area (Å²) in [6.07, 6.45) is 1.60. The molecular formula is C12H13N3O2. The van der Waals surface area contributed by atoms with E-state index in [-0.39, 0.29) is 5.75 Å². The van der Waals surface area contributed by atoms with Gasteiger partial charge in [-0.3, -0.25) is 0 Å². The fourth-order valence-electron chi connectivity index (χ4n) is 1.33. The van der Waals surface area contributed by atoms with Crippen molar-refractivity contribution in [3.05, 3.63) is 36.0 Å². The average Bonchev–Trinajstić information content (AvgIpc) is 2.34. The quantitative estimate of drug-likeness (QED) is 0.848. The third kappa shape index (κ3) is 2.63. The van der Waals surface area contributed by atoms with E-state index in [1.807, 2.05) is 19.1 Å². The lowest BCUT2D eigenvalue weighted by Crippen LogP contribution is -1.98. The van der Waals surface area contributed by atoms with E-state index in [2.05, 4.69) is 15.3 Å². The van der Waals surface area contributed by atoms with Crippen LogP contribution < -0.4 is 10.1 Å². The Morgan fingerprint density at radius 2 is 2.12 bits per heavy atom. The number of rotatable bonds is 3. The van der Waals surface area contributed by atoms with E-state index < -0.39 is 0 Å². The van der Waals surface area contributed by atoms with Crippen LogP contribution in [0.25, 0.3) is 0 Å². The van der Waals surface area contributed by atoms with Crippen LogP contribution in [0, 0.1) is 6.92 Å². The van der Waals surface area contributed by atoms with Crippen LogP contribution >= 0.6 is 0 Å². The van der Waals surface area contributed by atoms with Crippen LogP contribution in [0.4, 0.5) is 11.6 Å². The Morgan fingerprint density at radius 3 is 2.82 bits per heavy atom. The van der Waals surface area contributed by atoms with Crippen LogP contribution in [-0.2, 0) is 0 Å². The second-order valence-electron chi connectivity index (χ2n) is 3.55. The van der Waals surface area contributed by atoms with Crippen LogP contribution in [0.5, 0.6) is 11.6 Å². The van der Waals surface area contributed by atoms with Gasteiger partial charge in [-0.2, -0.15) is 4.98 Å². The normalized spacial score (nSPS) is 10.0. The topological polar surface area (TPSA) is 67.3 Å². The lowest BCUT2D eigenvalue weighted by atomic mass is 10.2. The molecule has 1 heterocycles. The molecule has 17 heavy (non-hydrogen) atoms. The number of methoxy groups -OCH3 is 1. The zero-order valence-electron chi connectivity index (χ0n) is 9.64. The minimum Gasteiger partial charge on any atom is -0.508 e. The molecule has 5 nitrogen and oxygen atoms in total. The highest BCUT2D eigenvalue weighted by atomic mass is 16.5. The van der Waals surface area contributed by atoms with E-state index in [1.165, 1.54) is 0 Å². The molecule has 0 spiro atoms. The van der Waals surface area contributed by atoms with Crippen molar-refractivity contribution in [3.8, 4) is 11.6 Å². The van der Waals surface area contributed by atoms with Gasteiger partial charge in [-0.15, -0.1) is 0 Å². The Balaban J connectivity index is 2.22. The second kappa shape index (κ2) is 4.69. The number of phenolic OH excluding ortho intramolecular Hbond substituents is 1. The zero-order chi connectivity index (χ0) is 12.3. The minimum absolute atomic E-state index is 0.234. The minimum atomic E-state index is 0.234. The standard InChI is InChI=1S/C12H13N3O2/c1-8-3-4-9(7-10(8)16)14-12-13-6-5-11(15-12)17-2/h3-7,16H,1-2H3,(H,13,14,15). The highest BCUT2D eigenvalue weighted by molar-refractivity contribution is 5.57. The summed E-state index contributed by atoms with van der Waals surface area (Å²) in [5.74, 6) is 1.14. The molecule has 0 saturated heterocycles. The summed E-state index contributed by atoms with van der Waals surface area (Å²) in [7, 11) is 1.55. The van der Waals surface area contributed by atoms with Gasteiger partial charge in [0.05, 0.1) is 7.11 Å². The van der Waals surface area contributed by atoms with Gasteiger partial charge >= 0.3 is 0 Å². The number of hydrogen-bond donors (Lipinski definition) is 2. The summed E-state index contributed by atoms with van der Waals surface area (Å²) in [5, 5.41) is 12.6. The first-order valence-electron chi connectivity index (χ1n) is 5.13. The van der Waals surface area contributed by atoms with Crippen molar-refractivity contribution in [1.29, 1.82) is 0 Å². The van der Waals surface area contributed by atoms with Crippen molar-refractivity contribution >= 4 is 11.6 Å². The first-order valence-corrected chi connectivity index (χ1v) is 5.13. The summed E-state index contributed by atoms with van der Waals surface area (Å²) in [6.45, 7) is 1.83. The van der Waals surface area contributed by atoms with E-state index in [0.29, 0.717) is 11.8 Å². The highest BCUT2D eigenvalue weighted by Crippen LogP contribution is 2.22. The average molecular weight is 231 g/mol. The third-order valence-corrected chi connectivity index (χ3v) is 2.30. The van der Waals surface area contributed by atoms with Gasteiger partial charge in [0, 0.05) is 24.0 Å². The zero-order valence-corrected chi connectivity index (χ0v) is 9.64. The molecule has 0 aliphatic rings. The number of aryl methyl sites for hydroxylation is 1. The predicted molar refractivity (Wildman–Crippen MR) is 64.7 cm³/mol. The summed E-state index contributed by atoms with van der Waals surface area (Å²) < 4.78 is 4.99. The lowest BCUT2D eigenvalue weighted by molar-refractivity contribution is 0.397. The molecule has 0 amide bonds. The maximum absolute atomic E-state index is 9.57. The van der Waals surface area contributed by atoms with Gasteiger partial charge < -0.3 is 15.2 Å². The smallest absolute Gasteiger partial charge is 0.230 e. The molecule has 0 unspecified atom stereocenters. The van der Waals surface area contributed by atoms with Crippen LogP contribution in [0.15, 0.2) is 30.5 Å². The number of nitrogens with zero attached hydrogens (tertiary/aromatic N) is 2. The summed E-state index contributed by atoms with van der Waals surface area (Å²) >= 11 is 0. The summed E-state index contributed by atoms with van der Waals surface area (Å²) in [5.41, 5.74) is 1.54. The molecule has 0 bridgehead atoms. The largest absolute Gasteiger partial charge is 0.508 e. The van der Waals surface area contributed by atoms with Crippen LogP contribution in [-0.4, -0.2) is 22.2 Å². The van der Waals surface area contributed by atoms with Gasteiger partial charge in [0.1, 0.15) is 5.75 Å². The van der Waals surface area contributed by atoms with Crippen molar-refractivity contribution in [3.63, 3.8) is 0 Å². The van der Waals surface area contributed by atoms with E-state index in [4.69, 9.17) is 4.74 Å². The van der Waals surface area contributed by atoms with Crippen molar-refractivity contribution in [1.82, 2.24) is 9.97 Å². The Hall–Kier alpha value is -2.30. The van der Waals surface area contributed by atoms with Gasteiger partial charge in [0.15, 0.2) is 0 Å². The number of aromatic hydroxyl groups is 1. The Labute approximate surface area is 99.1 Å². The van der Waals surface area contributed by atoms with Gasteiger partial charge in [-0.25, -0.2) is 4.98 Å². The molecule has 5 heteroatoms. The number of ether oxygens (including phenoxy) is 1. The van der Waals surface area contributed by atoms with Gasteiger partial charge in [-0.05, 0) is 18.6 Å². The third-order valence-electron chi connectivity index (χ3n) is 2.30. The maximum atomic E-state index is 9.57. The lowest BCUT2D eigenvalue weighted by Gasteiger charge is -2.07. The predicted octanol–water partition coefficient (Wildman–Crippen LogP) is 2.24. The second-order valence-corrected chi connectivity index (χ2v) is 3.55. The summed E-state index contributed by atoms with van der Waals surface area (Å²) in [6, 6.07) is 6.95. The van der Waals surface area contributed by atoms with Crippen molar-refractivity contribution in [2.24, 2.45) is 0 Å². The number of hydrogen-bond acceptors (Lipinski definition) is 5. The van der Waals surface area contributed by atoms with Gasteiger partial charge in [0.25, 0.3) is 0 Å². The summed E-state index contributed by atoms with van der Waals surface area (Å²) in [4.78, 5) is 8.16. The number of anilines is 2. The van der Waals surface area contributed by atoms with Gasteiger partial charge in [0.2, 0.25) is 11.8 Å². The van der Waals surface area contributed by atoms with Crippen LogP contribution in [0.1, 0.15) is 5.56 Å². The molecule has 0 saturated carbocycles. The monoisotopic (exact) mass is 231 g/mol. The fourth-order valence-corrected chi connectivity index (χ4v) is 1.33. The Bertz CT molecular complexity index is 529. The van der Waals surface area contributed by atoms with Gasteiger partial charge in [-0.1, -0.05) is 6.07 Å². The van der Waals surface area contributed by atoms with Crippen molar-refractivity contribution < 1.29 is 9.84 Å². The molecule has 88 valence electrons. The molecule has 1 aromatic carbocycles.